The van der Waals surface area contributed by atoms with Crippen LogP contribution in [0.1, 0.15) is 5.56 Å². The molecular weight excluding hydrogens is 348 g/mol. The fraction of sp³-hybridized carbons (Fsp3) is 0. The average Bonchev–Trinajstić information content (AvgIpc) is 2.45. The van der Waals surface area contributed by atoms with E-state index in [9.17, 15) is 22.0 Å². The number of hydrogen-bond donors (Lipinski definition) is 1. The lowest BCUT2D eigenvalue weighted by atomic mass is 10.2. The molecule has 2 aromatic carbocycles. The van der Waals surface area contributed by atoms with Crippen molar-refractivity contribution in [3.05, 3.63) is 70.8 Å². The first-order chi connectivity index (χ1) is 10.8. The number of halogens is 3. The van der Waals surface area contributed by atoms with Crippen LogP contribution in [0.4, 0.5) is 8.78 Å². The Bertz CT molecular complexity index is 865. The topological polar surface area (TPSA) is 63.2 Å². The first kappa shape index (κ1) is 17.1. The van der Waals surface area contributed by atoms with E-state index < -0.39 is 32.5 Å². The van der Waals surface area contributed by atoms with Gasteiger partial charge in [0.05, 0.1) is 0 Å². The maximum Gasteiger partial charge on any atom is 0.267 e. The molecule has 23 heavy (non-hydrogen) atoms. The van der Waals surface area contributed by atoms with Crippen molar-refractivity contribution in [2.75, 3.05) is 0 Å². The molecular formula is C15H10ClF2NO3S. The van der Waals surface area contributed by atoms with Crippen molar-refractivity contribution in [1.29, 1.82) is 0 Å². The number of hydrogen-bond acceptors (Lipinski definition) is 3. The minimum Gasteiger partial charge on any atom is -0.269 e. The molecule has 1 N–H and O–H groups in total. The Morgan fingerprint density at radius 1 is 1.09 bits per heavy atom. The third kappa shape index (κ3) is 4.61. The van der Waals surface area contributed by atoms with Crippen LogP contribution < -0.4 is 4.72 Å². The average molecular weight is 358 g/mol. The Morgan fingerprint density at radius 3 is 2.35 bits per heavy atom. The number of rotatable bonds is 4. The van der Waals surface area contributed by atoms with Crippen molar-refractivity contribution in [2.45, 2.75) is 4.90 Å². The predicted molar refractivity (Wildman–Crippen MR) is 82.2 cm³/mol. The molecule has 0 spiro atoms. The van der Waals surface area contributed by atoms with Crippen LogP contribution >= 0.6 is 11.6 Å². The summed E-state index contributed by atoms with van der Waals surface area (Å²) in [5.41, 5.74) is 0.497. The van der Waals surface area contributed by atoms with Gasteiger partial charge in [-0.15, -0.1) is 0 Å². The lowest BCUT2D eigenvalue weighted by Gasteiger charge is -2.06. The van der Waals surface area contributed by atoms with E-state index >= 15 is 0 Å². The van der Waals surface area contributed by atoms with Gasteiger partial charge in [0.15, 0.2) is 0 Å². The van der Waals surface area contributed by atoms with Gasteiger partial charge in [-0.1, -0.05) is 23.7 Å². The summed E-state index contributed by atoms with van der Waals surface area (Å²) < 4.78 is 51.9. The zero-order valence-corrected chi connectivity index (χ0v) is 13.0. The van der Waals surface area contributed by atoms with Gasteiger partial charge in [0.1, 0.15) is 16.5 Å². The molecule has 120 valence electrons. The molecule has 4 nitrogen and oxygen atoms in total. The van der Waals surface area contributed by atoms with E-state index in [0.717, 1.165) is 18.2 Å². The second kappa shape index (κ2) is 6.89. The maximum absolute atomic E-state index is 13.6. The van der Waals surface area contributed by atoms with E-state index in [1.807, 2.05) is 0 Å². The Kier molecular flexibility index (Phi) is 5.12. The van der Waals surface area contributed by atoms with Gasteiger partial charge in [-0.2, -0.15) is 0 Å². The van der Waals surface area contributed by atoms with E-state index in [1.165, 1.54) is 36.4 Å². The van der Waals surface area contributed by atoms with Gasteiger partial charge in [-0.05, 0) is 42.0 Å². The molecule has 0 unspecified atom stereocenters. The number of carbonyl (C=O) groups excluding carboxylic acids is 1. The highest BCUT2D eigenvalue weighted by Crippen LogP contribution is 2.18. The molecule has 2 aromatic rings. The zero-order valence-electron chi connectivity index (χ0n) is 11.5. The third-order valence-electron chi connectivity index (χ3n) is 2.72. The quantitative estimate of drug-likeness (QED) is 0.855. The summed E-state index contributed by atoms with van der Waals surface area (Å²) >= 11 is 5.54. The van der Waals surface area contributed by atoms with E-state index in [2.05, 4.69) is 0 Å². The molecule has 0 fully saturated rings. The van der Waals surface area contributed by atoms with Crippen LogP contribution in [-0.2, 0) is 14.8 Å². The summed E-state index contributed by atoms with van der Waals surface area (Å²) in [6, 6.07) is 8.18. The summed E-state index contributed by atoms with van der Waals surface area (Å²) in [7, 11) is -4.36. The molecule has 0 aliphatic rings. The largest absolute Gasteiger partial charge is 0.269 e. The molecule has 0 bridgehead atoms. The van der Waals surface area contributed by atoms with Gasteiger partial charge in [0, 0.05) is 11.1 Å². The molecule has 8 heteroatoms. The van der Waals surface area contributed by atoms with Gasteiger partial charge < -0.3 is 0 Å². The fourth-order valence-corrected chi connectivity index (χ4v) is 2.82. The summed E-state index contributed by atoms with van der Waals surface area (Å²) in [5, 5.41) is 0.0315. The second-order valence-corrected chi connectivity index (χ2v) is 6.52. The Balaban J connectivity index is 2.13. The van der Waals surface area contributed by atoms with Crippen molar-refractivity contribution in [1.82, 2.24) is 4.72 Å². The number of carbonyl (C=O) groups is 1. The van der Waals surface area contributed by atoms with Crippen LogP contribution in [0.15, 0.2) is 53.4 Å². The summed E-state index contributed by atoms with van der Waals surface area (Å²) in [6.07, 6.45) is 2.24. The molecule has 1 amide bonds. The Hall–Kier alpha value is -2.25. The van der Waals surface area contributed by atoms with E-state index in [-0.39, 0.29) is 5.02 Å². The van der Waals surface area contributed by atoms with Crippen LogP contribution in [0.2, 0.25) is 5.02 Å². The van der Waals surface area contributed by atoms with Crippen LogP contribution in [0.3, 0.4) is 0 Å². The van der Waals surface area contributed by atoms with Crippen molar-refractivity contribution in [2.24, 2.45) is 0 Å². The molecule has 0 heterocycles. The van der Waals surface area contributed by atoms with Gasteiger partial charge in [-0.25, -0.2) is 21.9 Å². The number of benzene rings is 2. The first-order valence-electron chi connectivity index (χ1n) is 6.23. The summed E-state index contributed by atoms with van der Waals surface area (Å²) in [6.45, 7) is 0. The number of nitrogens with one attached hydrogen (secondary N) is 1. The minimum atomic E-state index is -4.36. The number of amides is 1. The van der Waals surface area contributed by atoms with Crippen LogP contribution in [0.25, 0.3) is 6.08 Å². The van der Waals surface area contributed by atoms with Gasteiger partial charge in [0.25, 0.3) is 15.9 Å². The van der Waals surface area contributed by atoms with Crippen molar-refractivity contribution >= 4 is 33.6 Å². The van der Waals surface area contributed by atoms with Crippen LogP contribution in [0, 0.1) is 11.6 Å². The highest BCUT2D eigenvalue weighted by atomic mass is 35.5. The van der Waals surface area contributed by atoms with Gasteiger partial charge >= 0.3 is 0 Å². The molecule has 0 radical (unpaired) electrons. The molecule has 0 saturated carbocycles. The van der Waals surface area contributed by atoms with Crippen molar-refractivity contribution in [3.63, 3.8) is 0 Å². The molecule has 0 aliphatic heterocycles. The Labute approximate surface area is 136 Å². The first-order valence-corrected chi connectivity index (χ1v) is 8.09. The van der Waals surface area contributed by atoms with E-state index in [1.54, 1.807) is 4.72 Å². The monoisotopic (exact) mass is 357 g/mol. The molecule has 0 atom stereocenters. The summed E-state index contributed by atoms with van der Waals surface area (Å²) in [5.74, 6) is -2.48. The van der Waals surface area contributed by atoms with Gasteiger partial charge in [0.2, 0.25) is 0 Å². The normalized spacial score (nSPS) is 11.6. The van der Waals surface area contributed by atoms with Crippen LogP contribution in [0.5, 0.6) is 0 Å². The van der Waals surface area contributed by atoms with E-state index in [4.69, 9.17) is 11.6 Å². The number of sulfonamides is 1. The van der Waals surface area contributed by atoms with Crippen molar-refractivity contribution in [3.8, 4) is 0 Å². The predicted octanol–water partition coefficient (Wildman–Crippen LogP) is 3.14. The highest BCUT2D eigenvalue weighted by molar-refractivity contribution is 7.90. The molecule has 0 aromatic heterocycles. The van der Waals surface area contributed by atoms with Crippen molar-refractivity contribution < 1.29 is 22.0 Å². The van der Waals surface area contributed by atoms with Gasteiger partial charge in [-0.3, -0.25) is 4.79 Å². The fourth-order valence-electron chi connectivity index (χ4n) is 1.66. The molecule has 0 aliphatic carbocycles. The smallest absolute Gasteiger partial charge is 0.267 e. The Morgan fingerprint density at radius 2 is 1.74 bits per heavy atom. The lowest BCUT2D eigenvalue weighted by Crippen LogP contribution is -2.29. The van der Waals surface area contributed by atoms with Crippen LogP contribution in [-0.4, -0.2) is 14.3 Å². The maximum atomic E-state index is 13.6. The van der Waals surface area contributed by atoms with E-state index in [0.29, 0.717) is 5.56 Å². The SMILES string of the molecule is O=C(C=Cc1ccc(F)cc1)NS(=O)(=O)c1ccc(Cl)cc1F. The summed E-state index contributed by atoms with van der Waals surface area (Å²) in [4.78, 5) is 11.0. The third-order valence-corrected chi connectivity index (χ3v) is 4.33. The second-order valence-electron chi connectivity index (χ2n) is 4.43. The lowest BCUT2D eigenvalue weighted by molar-refractivity contribution is -0.114. The molecule has 2 rings (SSSR count). The molecule has 0 saturated heterocycles. The standard InChI is InChI=1S/C15H10ClF2NO3S/c16-11-4-7-14(13(18)9-11)23(21,22)19-15(20)8-3-10-1-5-12(17)6-2-10/h1-9H,(H,19,20). The zero-order chi connectivity index (χ0) is 17.0. The highest BCUT2D eigenvalue weighted by Gasteiger charge is 2.20. The minimum absolute atomic E-state index is 0.0315.